The summed E-state index contributed by atoms with van der Waals surface area (Å²) in [5.41, 5.74) is 0.336. The number of rotatable bonds is 5. The first kappa shape index (κ1) is 16.4. The van der Waals surface area contributed by atoms with E-state index >= 15 is 0 Å². The molecule has 2 aromatic rings. The number of carbonyl (C=O) groups excluding carboxylic acids is 1. The van der Waals surface area contributed by atoms with E-state index < -0.39 is 14.9 Å². The smallest absolute Gasteiger partial charge is 0.271 e. The van der Waals surface area contributed by atoms with Crippen LogP contribution in [0.3, 0.4) is 0 Å². The minimum absolute atomic E-state index is 0.0295. The predicted octanol–water partition coefficient (Wildman–Crippen LogP) is 2.35. The average molecular weight is 335 g/mol. The van der Waals surface area contributed by atoms with E-state index in [0.717, 1.165) is 6.07 Å². The zero-order chi connectivity index (χ0) is 17.0. The van der Waals surface area contributed by atoms with Crippen LogP contribution in [-0.2, 0) is 14.8 Å². The van der Waals surface area contributed by atoms with Crippen LogP contribution in [0.5, 0.6) is 0 Å². The predicted molar refractivity (Wildman–Crippen MR) is 84.7 cm³/mol. The highest BCUT2D eigenvalue weighted by atomic mass is 32.2. The molecular formula is C14H13N3O5S. The molecule has 2 aromatic carbocycles. The van der Waals surface area contributed by atoms with E-state index in [1.807, 2.05) is 0 Å². The Hall–Kier alpha value is -2.94. The molecule has 2 rings (SSSR count). The average Bonchev–Trinajstić information content (AvgIpc) is 2.47. The number of amides is 1. The lowest BCUT2D eigenvalue weighted by atomic mass is 10.3. The van der Waals surface area contributed by atoms with Crippen molar-refractivity contribution in [1.29, 1.82) is 0 Å². The minimum atomic E-state index is -3.89. The van der Waals surface area contributed by atoms with Crippen molar-refractivity contribution >= 4 is 33.0 Å². The Morgan fingerprint density at radius 1 is 1.09 bits per heavy atom. The van der Waals surface area contributed by atoms with Crippen molar-refractivity contribution in [2.24, 2.45) is 0 Å². The number of hydrogen-bond donors (Lipinski definition) is 2. The van der Waals surface area contributed by atoms with Gasteiger partial charge in [-0.1, -0.05) is 6.07 Å². The summed E-state index contributed by atoms with van der Waals surface area (Å²) in [5, 5.41) is 13.2. The summed E-state index contributed by atoms with van der Waals surface area (Å²) in [6.07, 6.45) is 0. The summed E-state index contributed by atoms with van der Waals surface area (Å²) in [5.74, 6) is -0.268. The van der Waals surface area contributed by atoms with Crippen molar-refractivity contribution in [3.8, 4) is 0 Å². The van der Waals surface area contributed by atoms with Crippen LogP contribution in [-0.4, -0.2) is 19.2 Å². The Bertz CT molecular complexity index is 847. The molecule has 0 saturated heterocycles. The maximum atomic E-state index is 12.2. The van der Waals surface area contributed by atoms with E-state index in [1.165, 1.54) is 49.4 Å². The van der Waals surface area contributed by atoms with Gasteiger partial charge in [-0.15, -0.1) is 0 Å². The molecule has 0 aliphatic rings. The van der Waals surface area contributed by atoms with Crippen LogP contribution >= 0.6 is 0 Å². The van der Waals surface area contributed by atoms with Gasteiger partial charge in [0.25, 0.3) is 15.7 Å². The molecule has 0 aliphatic heterocycles. The van der Waals surface area contributed by atoms with Gasteiger partial charge in [-0.25, -0.2) is 8.42 Å². The molecule has 0 aromatic heterocycles. The van der Waals surface area contributed by atoms with Crippen molar-refractivity contribution in [3.05, 3.63) is 58.6 Å². The van der Waals surface area contributed by atoms with Gasteiger partial charge < -0.3 is 5.32 Å². The van der Waals surface area contributed by atoms with Crippen LogP contribution < -0.4 is 10.0 Å². The van der Waals surface area contributed by atoms with Gasteiger partial charge in [-0.05, 0) is 30.3 Å². The van der Waals surface area contributed by atoms with E-state index in [1.54, 1.807) is 0 Å². The maximum absolute atomic E-state index is 12.2. The molecule has 8 nitrogen and oxygen atoms in total. The molecule has 1 amide bonds. The number of non-ortho nitro benzene ring substituents is 1. The Kier molecular flexibility index (Phi) is 4.60. The normalized spacial score (nSPS) is 10.8. The minimum Gasteiger partial charge on any atom is -0.326 e. The van der Waals surface area contributed by atoms with Crippen LogP contribution in [0.2, 0.25) is 0 Å². The number of benzene rings is 2. The number of nitro benzene ring substituents is 1. The fourth-order valence-electron chi connectivity index (χ4n) is 1.82. The van der Waals surface area contributed by atoms with Gasteiger partial charge in [0.1, 0.15) is 0 Å². The maximum Gasteiger partial charge on any atom is 0.271 e. The molecule has 23 heavy (non-hydrogen) atoms. The number of anilines is 2. The van der Waals surface area contributed by atoms with Crippen molar-refractivity contribution in [1.82, 2.24) is 0 Å². The number of sulfonamides is 1. The van der Waals surface area contributed by atoms with Gasteiger partial charge in [-0.2, -0.15) is 0 Å². The van der Waals surface area contributed by atoms with Crippen LogP contribution in [0, 0.1) is 10.1 Å². The zero-order valence-corrected chi connectivity index (χ0v) is 12.8. The topological polar surface area (TPSA) is 118 Å². The monoisotopic (exact) mass is 335 g/mol. The molecule has 0 spiro atoms. The first-order valence-electron chi connectivity index (χ1n) is 6.43. The van der Waals surface area contributed by atoms with E-state index in [9.17, 15) is 23.3 Å². The molecule has 9 heteroatoms. The highest BCUT2D eigenvalue weighted by Gasteiger charge is 2.15. The highest BCUT2D eigenvalue weighted by molar-refractivity contribution is 7.92. The van der Waals surface area contributed by atoms with Gasteiger partial charge in [0.05, 0.1) is 15.5 Å². The van der Waals surface area contributed by atoms with E-state index in [0.29, 0.717) is 5.69 Å². The summed E-state index contributed by atoms with van der Waals surface area (Å²) >= 11 is 0. The Balaban J connectivity index is 2.23. The molecular weight excluding hydrogens is 322 g/mol. The second-order valence-corrected chi connectivity index (χ2v) is 6.30. The van der Waals surface area contributed by atoms with Gasteiger partial charge >= 0.3 is 0 Å². The lowest BCUT2D eigenvalue weighted by Gasteiger charge is -2.09. The van der Waals surface area contributed by atoms with Crippen LogP contribution in [0.4, 0.5) is 17.1 Å². The lowest BCUT2D eigenvalue weighted by Crippen LogP contribution is -2.13. The molecule has 0 saturated carbocycles. The van der Waals surface area contributed by atoms with Crippen molar-refractivity contribution in [2.45, 2.75) is 11.8 Å². The summed E-state index contributed by atoms with van der Waals surface area (Å²) < 4.78 is 26.8. The molecule has 0 fully saturated rings. The molecule has 0 heterocycles. The number of hydrogen-bond acceptors (Lipinski definition) is 5. The van der Waals surface area contributed by atoms with Crippen molar-refractivity contribution < 1.29 is 18.1 Å². The molecule has 0 bridgehead atoms. The SMILES string of the molecule is CC(=O)Nc1ccc(S(=O)(=O)Nc2cccc([N+](=O)[O-])c2)cc1. The van der Waals surface area contributed by atoms with E-state index in [4.69, 9.17) is 0 Å². The number of carbonyl (C=O) groups is 1. The van der Waals surface area contributed by atoms with Crippen LogP contribution in [0.25, 0.3) is 0 Å². The highest BCUT2D eigenvalue weighted by Crippen LogP contribution is 2.21. The summed E-state index contributed by atoms with van der Waals surface area (Å²) in [6, 6.07) is 10.7. The fourth-order valence-corrected chi connectivity index (χ4v) is 2.87. The fraction of sp³-hybridized carbons (Fsp3) is 0.0714. The second kappa shape index (κ2) is 6.44. The number of nitrogens with zero attached hydrogens (tertiary/aromatic N) is 1. The molecule has 0 unspecified atom stereocenters. The second-order valence-electron chi connectivity index (χ2n) is 4.62. The first-order chi connectivity index (χ1) is 10.8. The Morgan fingerprint density at radius 2 is 1.74 bits per heavy atom. The number of nitrogens with one attached hydrogen (secondary N) is 2. The first-order valence-corrected chi connectivity index (χ1v) is 7.91. The van der Waals surface area contributed by atoms with Gasteiger partial charge in [0.15, 0.2) is 0 Å². The third kappa shape index (κ3) is 4.27. The van der Waals surface area contributed by atoms with Crippen LogP contribution in [0.1, 0.15) is 6.92 Å². The summed E-state index contributed by atoms with van der Waals surface area (Å²) in [7, 11) is -3.89. The molecule has 0 atom stereocenters. The third-order valence-electron chi connectivity index (χ3n) is 2.79. The molecule has 120 valence electrons. The van der Waals surface area contributed by atoms with Gasteiger partial charge in [-0.3, -0.25) is 19.6 Å². The Morgan fingerprint density at radius 3 is 2.30 bits per heavy atom. The molecule has 0 radical (unpaired) electrons. The van der Waals surface area contributed by atoms with Gasteiger partial charge in [0.2, 0.25) is 5.91 Å². The summed E-state index contributed by atoms with van der Waals surface area (Å²) in [4.78, 5) is 21.0. The largest absolute Gasteiger partial charge is 0.326 e. The quantitative estimate of drug-likeness (QED) is 0.642. The Labute approximate surface area is 132 Å². The number of nitro groups is 1. The van der Waals surface area contributed by atoms with E-state index in [-0.39, 0.29) is 22.2 Å². The van der Waals surface area contributed by atoms with Crippen molar-refractivity contribution in [3.63, 3.8) is 0 Å². The standard InChI is InChI=1S/C14H13N3O5S/c1-10(18)15-11-5-7-14(8-6-11)23(21,22)16-12-3-2-4-13(9-12)17(19)20/h2-9,16H,1H3,(H,15,18). The van der Waals surface area contributed by atoms with Crippen molar-refractivity contribution in [2.75, 3.05) is 10.0 Å². The van der Waals surface area contributed by atoms with E-state index in [2.05, 4.69) is 10.0 Å². The summed E-state index contributed by atoms with van der Waals surface area (Å²) in [6.45, 7) is 1.34. The molecule has 0 aliphatic carbocycles. The van der Waals surface area contributed by atoms with Crippen LogP contribution in [0.15, 0.2) is 53.4 Å². The van der Waals surface area contributed by atoms with Gasteiger partial charge in [0, 0.05) is 24.7 Å². The molecule has 2 N–H and O–H groups in total. The third-order valence-corrected chi connectivity index (χ3v) is 4.19. The lowest BCUT2D eigenvalue weighted by molar-refractivity contribution is -0.384. The zero-order valence-electron chi connectivity index (χ0n) is 12.0.